The Bertz CT molecular complexity index is 665. The summed E-state index contributed by atoms with van der Waals surface area (Å²) in [6, 6.07) is 11.3. The number of hydrogen-bond donors (Lipinski definition) is 0. The van der Waals surface area contributed by atoms with Gasteiger partial charge in [-0.05, 0) is 41.8 Å². The molecule has 0 aliphatic carbocycles. The van der Waals surface area contributed by atoms with E-state index in [9.17, 15) is 0 Å². The van der Waals surface area contributed by atoms with Gasteiger partial charge in [-0.1, -0.05) is 24.3 Å². The molecule has 3 nitrogen and oxygen atoms in total. The quantitative estimate of drug-likeness (QED) is 0.842. The van der Waals surface area contributed by atoms with Gasteiger partial charge < -0.3 is 0 Å². The highest BCUT2D eigenvalue weighted by Gasteiger charge is 2.19. The first-order valence-corrected chi connectivity index (χ1v) is 7.72. The third-order valence-corrected chi connectivity index (χ3v) is 4.61. The van der Waals surface area contributed by atoms with Crippen LogP contribution in [0.5, 0.6) is 0 Å². The number of rotatable bonds is 2. The number of aromatic nitrogens is 1. The van der Waals surface area contributed by atoms with Gasteiger partial charge in [-0.15, -0.1) is 0 Å². The van der Waals surface area contributed by atoms with E-state index in [-0.39, 0.29) is 0 Å². The van der Waals surface area contributed by atoms with Crippen LogP contribution in [0.1, 0.15) is 27.9 Å². The van der Waals surface area contributed by atoms with E-state index < -0.39 is 0 Å². The molecule has 2 aliphatic heterocycles. The summed E-state index contributed by atoms with van der Waals surface area (Å²) in [5.74, 6) is 0. The molecule has 2 aliphatic rings. The zero-order valence-corrected chi connectivity index (χ0v) is 12.5. The predicted octanol–water partition coefficient (Wildman–Crippen LogP) is 2.59. The van der Waals surface area contributed by atoms with Crippen molar-refractivity contribution in [2.24, 2.45) is 0 Å². The number of benzene rings is 1. The SMILES string of the molecule is CN1Cc2ccc(CN3CCc4cccnc4C3)cc2C1. The molecule has 0 amide bonds. The Hall–Kier alpha value is -1.71. The average Bonchev–Trinajstić information content (AvgIpc) is 2.86. The summed E-state index contributed by atoms with van der Waals surface area (Å²) in [7, 11) is 2.19. The molecule has 108 valence electrons. The molecule has 0 saturated carbocycles. The summed E-state index contributed by atoms with van der Waals surface area (Å²) in [6.07, 6.45) is 3.03. The largest absolute Gasteiger partial charge is 0.298 e. The second-order valence-corrected chi connectivity index (χ2v) is 6.35. The van der Waals surface area contributed by atoms with E-state index in [1.807, 2.05) is 12.3 Å². The highest BCUT2D eigenvalue weighted by Crippen LogP contribution is 2.24. The van der Waals surface area contributed by atoms with Crippen molar-refractivity contribution in [3.05, 3.63) is 64.5 Å². The maximum atomic E-state index is 4.53. The fourth-order valence-corrected chi connectivity index (χ4v) is 3.52. The van der Waals surface area contributed by atoms with Crippen molar-refractivity contribution in [2.45, 2.75) is 32.6 Å². The van der Waals surface area contributed by atoms with E-state index in [0.29, 0.717) is 0 Å². The fraction of sp³-hybridized carbons (Fsp3) is 0.389. The first kappa shape index (κ1) is 13.0. The lowest BCUT2D eigenvalue weighted by Crippen LogP contribution is -2.30. The Morgan fingerprint density at radius 1 is 1.05 bits per heavy atom. The van der Waals surface area contributed by atoms with Crippen LogP contribution in [0, 0.1) is 0 Å². The monoisotopic (exact) mass is 279 g/mol. The molecule has 2 aromatic rings. The van der Waals surface area contributed by atoms with Gasteiger partial charge in [-0.3, -0.25) is 14.8 Å². The topological polar surface area (TPSA) is 19.4 Å². The molecular weight excluding hydrogens is 258 g/mol. The Labute approximate surface area is 126 Å². The van der Waals surface area contributed by atoms with Crippen molar-refractivity contribution in [1.29, 1.82) is 0 Å². The van der Waals surface area contributed by atoms with Gasteiger partial charge in [0.15, 0.2) is 0 Å². The fourth-order valence-electron chi connectivity index (χ4n) is 3.52. The Balaban J connectivity index is 1.49. The van der Waals surface area contributed by atoms with Crippen LogP contribution in [0.4, 0.5) is 0 Å². The molecule has 4 rings (SSSR count). The normalized spacial score (nSPS) is 18.5. The lowest BCUT2D eigenvalue weighted by molar-refractivity contribution is 0.241. The zero-order valence-electron chi connectivity index (χ0n) is 12.5. The van der Waals surface area contributed by atoms with Crippen molar-refractivity contribution in [1.82, 2.24) is 14.8 Å². The molecular formula is C18H21N3. The number of pyridine rings is 1. The van der Waals surface area contributed by atoms with Crippen LogP contribution in [-0.4, -0.2) is 28.4 Å². The summed E-state index contributed by atoms with van der Waals surface area (Å²) in [5.41, 5.74) is 7.11. The van der Waals surface area contributed by atoms with E-state index in [4.69, 9.17) is 0 Å². The van der Waals surface area contributed by atoms with Gasteiger partial charge in [0.25, 0.3) is 0 Å². The lowest BCUT2D eigenvalue weighted by atomic mass is 10.0. The van der Waals surface area contributed by atoms with Crippen molar-refractivity contribution in [2.75, 3.05) is 13.6 Å². The minimum atomic E-state index is 0.979. The van der Waals surface area contributed by atoms with Gasteiger partial charge in [-0.2, -0.15) is 0 Å². The van der Waals surface area contributed by atoms with E-state index in [0.717, 1.165) is 39.1 Å². The lowest BCUT2D eigenvalue weighted by Gasteiger charge is -2.28. The van der Waals surface area contributed by atoms with E-state index in [1.165, 1.54) is 27.9 Å². The molecule has 1 aromatic carbocycles. The standard InChI is InChI=1S/C18H21N3/c1-20-11-16-5-4-14(9-17(16)12-20)10-21-8-6-15-3-2-7-19-18(15)13-21/h2-5,7,9H,6,8,10-13H2,1H3. The Morgan fingerprint density at radius 2 is 1.95 bits per heavy atom. The van der Waals surface area contributed by atoms with Crippen LogP contribution >= 0.6 is 0 Å². The molecule has 0 saturated heterocycles. The number of hydrogen-bond acceptors (Lipinski definition) is 3. The number of nitrogens with zero attached hydrogens (tertiary/aromatic N) is 3. The zero-order chi connectivity index (χ0) is 14.2. The molecule has 0 fully saturated rings. The minimum absolute atomic E-state index is 0.979. The van der Waals surface area contributed by atoms with Crippen molar-refractivity contribution < 1.29 is 0 Å². The van der Waals surface area contributed by atoms with Crippen molar-refractivity contribution >= 4 is 0 Å². The smallest absolute Gasteiger partial charge is 0.0576 e. The molecule has 0 atom stereocenters. The maximum Gasteiger partial charge on any atom is 0.0576 e. The molecule has 0 N–H and O–H groups in total. The van der Waals surface area contributed by atoms with Crippen molar-refractivity contribution in [3.8, 4) is 0 Å². The van der Waals surface area contributed by atoms with E-state index in [2.05, 4.69) is 46.1 Å². The second kappa shape index (κ2) is 5.24. The molecule has 0 unspecified atom stereocenters. The Morgan fingerprint density at radius 3 is 2.90 bits per heavy atom. The summed E-state index contributed by atoms with van der Waals surface area (Å²) >= 11 is 0. The van der Waals surface area contributed by atoms with Gasteiger partial charge in [0.05, 0.1) is 5.69 Å². The van der Waals surface area contributed by atoms with Crippen LogP contribution in [0.2, 0.25) is 0 Å². The maximum absolute atomic E-state index is 4.53. The highest BCUT2D eigenvalue weighted by atomic mass is 15.1. The third kappa shape index (κ3) is 2.59. The molecule has 3 heterocycles. The van der Waals surface area contributed by atoms with Crippen LogP contribution in [0.3, 0.4) is 0 Å². The van der Waals surface area contributed by atoms with Gasteiger partial charge in [-0.25, -0.2) is 0 Å². The van der Waals surface area contributed by atoms with E-state index >= 15 is 0 Å². The summed E-state index contributed by atoms with van der Waals surface area (Å²) in [5, 5.41) is 0. The first-order chi connectivity index (χ1) is 10.3. The van der Waals surface area contributed by atoms with E-state index in [1.54, 1.807) is 0 Å². The predicted molar refractivity (Wildman–Crippen MR) is 83.7 cm³/mol. The van der Waals surface area contributed by atoms with Crippen molar-refractivity contribution in [3.63, 3.8) is 0 Å². The van der Waals surface area contributed by atoms with Crippen LogP contribution < -0.4 is 0 Å². The molecule has 0 radical (unpaired) electrons. The molecule has 0 spiro atoms. The third-order valence-electron chi connectivity index (χ3n) is 4.61. The average molecular weight is 279 g/mol. The summed E-state index contributed by atoms with van der Waals surface area (Å²) in [4.78, 5) is 9.41. The van der Waals surface area contributed by atoms with Crippen LogP contribution in [-0.2, 0) is 32.6 Å². The van der Waals surface area contributed by atoms with Gasteiger partial charge in [0.1, 0.15) is 0 Å². The van der Waals surface area contributed by atoms with Gasteiger partial charge in [0.2, 0.25) is 0 Å². The minimum Gasteiger partial charge on any atom is -0.298 e. The second-order valence-electron chi connectivity index (χ2n) is 6.35. The van der Waals surface area contributed by atoms with Gasteiger partial charge in [0, 0.05) is 38.9 Å². The molecule has 21 heavy (non-hydrogen) atoms. The highest BCUT2D eigenvalue weighted by molar-refractivity contribution is 5.35. The first-order valence-electron chi connectivity index (χ1n) is 7.72. The van der Waals surface area contributed by atoms with Crippen LogP contribution in [0.15, 0.2) is 36.5 Å². The summed E-state index contributed by atoms with van der Waals surface area (Å²) < 4.78 is 0. The molecule has 0 bridgehead atoms. The summed E-state index contributed by atoms with van der Waals surface area (Å²) in [6.45, 7) is 5.33. The van der Waals surface area contributed by atoms with Gasteiger partial charge >= 0.3 is 0 Å². The molecule has 3 heteroatoms. The molecule has 1 aromatic heterocycles. The number of fused-ring (bicyclic) bond motifs is 2. The Kier molecular flexibility index (Phi) is 3.24. The van der Waals surface area contributed by atoms with Crippen LogP contribution in [0.25, 0.3) is 0 Å².